The van der Waals surface area contributed by atoms with Crippen molar-refractivity contribution >= 4 is 22.8 Å². The molecule has 0 saturated heterocycles. The van der Waals surface area contributed by atoms with Crippen LogP contribution in [0.5, 0.6) is 0 Å². The molecule has 0 aliphatic heterocycles. The molecule has 0 bridgehead atoms. The Kier molecular flexibility index (Phi) is 3.39. The summed E-state index contributed by atoms with van der Waals surface area (Å²) in [7, 11) is 0. The summed E-state index contributed by atoms with van der Waals surface area (Å²) in [6, 6.07) is 10.4. The van der Waals surface area contributed by atoms with Crippen molar-refractivity contribution in [2.24, 2.45) is 0 Å². The maximum absolute atomic E-state index is 11.2. The molecule has 7 nitrogen and oxygen atoms in total. The third kappa shape index (κ3) is 2.67. The maximum atomic E-state index is 11.2. The monoisotopic (exact) mass is 331 g/mol. The lowest BCUT2D eigenvalue weighted by Gasteiger charge is -2.03. The Morgan fingerprint density at radius 3 is 2.76 bits per heavy atom. The zero-order chi connectivity index (χ0) is 17.4. The number of hydrogen-bond acceptors (Lipinski definition) is 5. The molecule has 0 unspecified atom stereocenters. The zero-order valence-electron chi connectivity index (χ0n) is 13.0. The largest absolute Gasteiger partial charge is 0.478 e. The summed E-state index contributed by atoms with van der Waals surface area (Å²) in [5.74, 6) is -0.804. The van der Waals surface area contributed by atoms with Crippen LogP contribution in [0.3, 0.4) is 0 Å². The minimum absolute atomic E-state index is 0.170. The van der Waals surface area contributed by atoms with Gasteiger partial charge in [-0.1, -0.05) is 6.07 Å². The first-order valence-electron chi connectivity index (χ1n) is 7.51. The minimum Gasteiger partial charge on any atom is -0.478 e. The molecule has 0 aliphatic carbocycles. The SMILES string of the molecule is Nc1nc(-c2cccnc2)c2cn(-c3cccc(C(=O)O)c3)cc2n1. The minimum atomic E-state index is -0.973. The van der Waals surface area contributed by atoms with Crippen molar-refractivity contribution in [2.45, 2.75) is 0 Å². The molecule has 0 amide bonds. The molecule has 3 aromatic heterocycles. The van der Waals surface area contributed by atoms with Crippen LogP contribution in [0.2, 0.25) is 0 Å². The molecule has 4 aromatic rings. The third-order valence-electron chi connectivity index (χ3n) is 3.85. The number of carbonyl (C=O) groups is 1. The number of rotatable bonds is 3. The number of carboxylic acid groups (broad SMARTS) is 1. The Morgan fingerprint density at radius 2 is 2.00 bits per heavy atom. The van der Waals surface area contributed by atoms with Crippen LogP contribution in [-0.4, -0.2) is 30.6 Å². The quantitative estimate of drug-likeness (QED) is 0.598. The van der Waals surface area contributed by atoms with Crippen LogP contribution < -0.4 is 5.73 Å². The lowest BCUT2D eigenvalue weighted by molar-refractivity contribution is 0.0697. The number of aromatic nitrogens is 4. The number of nitrogen functional groups attached to an aromatic ring is 1. The fraction of sp³-hybridized carbons (Fsp3) is 0. The number of pyridine rings is 1. The van der Waals surface area contributed by atoms with Crippen LogP contribution >= 0.6 is 0 Å². The summed E-state index contributed by atoms with van der Waals surface area (Å²) in [5, 5.41) is 9.98. The van der Waals surface area contributed by atoms with E-state index in [0.29, 0.717) is 16.9 Å². The van der Waals surface area contributed by atoms with E-state index in [-0.39, 0.29) is 11.5 Å². The number of nitrogens with zero attached hydrogens (tertiary/aromatic N) is 4. The van der Waals surface area contributed by atoms with Gasteiger partial charge >= 0.3 is 5.97 Å². The van der Waals surface area contributed by atoms with Crippen molar-refractivity contribution < 1.29 is 9.90 Å². The van der Waals surface area contributed by atoms with Gasteiger partial charge in [0.05, 0.1) is 16.8 Å². The van der Waals surface area contributed by atoms with Crippen LogP contribution in [0, 0.1) is 0 Å². The van der Waals surface area contributed by atoms with E-state index in [1.165, 1.54) is 0 Å². The number of carboxylic acids is 1. The molecule has 3 N–H and O–H groups in total. The van der Waals surface area contributed by atoms with Crippen molar-refractivity contribution in [1.82, 2.24) is 19.5 Å². The van der Waals surface area contributed by atoms with E-state index in [1.807, 2.05) is 29.0 Å². The molecule has 4 rings (SSSR count). The number of fused-ring (bicyclic) bond motifs is 1. The summed E-state index contributed by atoms with van der Waals surface area (Å²) >= 11 is 0. The van der Waals surface area contributed by atoms with Crippen LogP contribution in [0.1, 0.15) is 10.4 Å². The van der Waals surface area contributed by atoms with E-state index < -0.39 is 5.97 Å². The molecule has 122 valence electrons. The molecule has 0 spiro atoms. The Labute approximate surface area is 142 Å². The summed E-state index contributed by atoms with van der Waals surface area (Å²) in [6.07, 6.45) is 7.06. The predicted molar refractivity (Wildman–Crippen MR) is 93.5 cm³/mol. The second-order valence-electron chi connectivity index (χ2n) is 5.49. The first-order valence-corrected chi connectivity index (χ1v) is 7.51. The van der Waals surface area contributed by atoms with Crippen LogP contribution in [-0.2, 0) is 0 Å². The van der Waals surface area contributed by atoms with Gasteiger partial charge in [0, 0.05) is 41.4 Å². The summed E-state index contributed by atoms with van der Waals surface area (Å²) in [4.78, 5) is 23.9. The topological polar surface area (TPSA) is 107 Å². The zero-order valence-corrected chi connectivity index (χ0v) is 13.0. The highest BCUT2D eigenvalue weighted by Crippen LogP contribution is 2.28. The van der Waals surface area contributed by atoms with Gasteiger partial charge < -0.3 is 15.4 Å². The summed E-state index contributed by atoms with van der Waals surface area (Å²) < 4.78 is 1.81. The Hall–Kier alpha value is -3.74. The third-order valence-corrected chi connectivity index (χ3v) is 3.85. The van der Waals surface area contributed by atoms with Crippen molar-refractivity contribution in [3.05, 3.63) is 66.7 Å². The number of benzene rings is 1. The van der Waals surface area contributed by atoms with Gasteiger partial charge in [-0.3, -0.25) is 4.98 Å². The highest BCUT2D eigenvalue weighted by atomic mass is 16.4. The Morgan fingerprint density at radius 1 is 1.12 bits per heavy atom. The maximum Gasteiger partial charge on any atom is 0.335 e. The van der Waals surface area contributed by atoms with Crippen molar-refractivity contribution in [3.8, 4) is 16.9 Å². The van der Waals surface area contributed by atoms with Crippen LogP contribution in [0.25, 0.3) is 27.8 Å². The highest BCUT2D eigenvalue weighted by molar-refractivity contribution is 5.93. The Balaban J connectivity index is 1.91. The average Bonchev–Trinajstić information content (AvgIpc) is 3.05. The van der Waals surface area contributed by atoms with Gasteiger partial charge in [0.15, 0.2) is 0 Å². The second kappa shape index (κ2) is 5.72. The second-order valence-corrected chi connectivity index (χ2v) is 5.49. The molecular formula is C18H13N5O2. The smallest absolute Gasteiger partial charge is 0.335 e. The number of hydrogen-bond donors (Lipinski definition) is 2. The molecule has 0 fully saturated rings. The van der Waals surface area contributed by atoms with Gasteiger partial charge in [0.25, 0.3) is 0 Å². The van der Waals surface area contributed by atoms with Crippen molar-refractivity contribution in [2.75, 3.05) is 5.73 Å². The van der Waals surface area contributed by atoms with Crippen molar-refractivity contribution in [1.29, 1.82) is 0 Å². The molecule has 1 aromatic carbocycles. The van der Waals surface area contributed by atoms with Gasteiger partial charge in [-0.25, -0.2) is 14.8 Å². The number of nitrogens with two attached hydrogens (primary N) is 1. The molecule has 0 atom stereocenters. The van der Waals surface area contributed by atoms with Crippen LogP contribution in [0.15, 0.2) is 61.2 Å². The first-order chi connectivity index (χ1) is 12.1. The standard InChI is InChI=1S/C18H13N5O2/c19-18-21-15-10-23(13-5-1-3-11(7-13)17(24)25)9-14(15)16(22-18)12-4-2-6-20-8-12/h1-10H,(H2,19,21)(H,24,25). The van der Waals surface area contributed by atoms with Gasteiger partial charge in [0.1, 0.15) is 0 Å². The van der Waals surface area contributed by atoms with E-state index in [0.717, 1.165) is 10.9 Å². The number of aromatic carboxylic acids is 1. The molecule has 25 heavy (non-hydrogen) atoms. The van der Waals surface area contributed by atoms with Crippen molar-refractivity contribution in [3.63, 3.8) is 0 Å². The van der Waals surface area contributed by atoms with Gasteiger partial charge in [-0.2, -0.15) is 0 Å². The average molecular weight is 331 g/mol. The van der Waals surface area contributed by atoms with E-state index in [2.05, 4.69) is 15.0 Å². The van der Waals surface area contributed by atoms with E-state index >= 15 is 0 Å². The van der Waals surface area contributed by atoms with Gasteiger partial charge in [0.2, 0.25) is 5.95 Å². The highest BCUT2D eigenvalue weighted by Gasteiger charge is 2.12. The molecule has 3 heterocycles. The van der Waals surface area contributed by atoms with Crippen LogP contribution in [0.4, 0.5) is 5.95 Å². The lowest BCUT2D eigenvalue weighted by atomic mass is 10.1. The van der Waals surface area contributed by atoms with Gasteiger partial charge in [-0.15, -0.1) is 0 Å². The fourth-order valence-corrected chi connectivity index (χ4v) is 2.71. The first kappa shape index (κ1) is 14.8. The van der Waals surface area contributed by atoms with E-state index in [4.69, 9.17) is 5.73 Å². The van der Waals surface area contributed by atoms with Gasteiger partial charge in [-0.05, 0) is 30.3 Å². The predicted octanol–water partition coefficient (Wildman–Crippen LogP) is 2.76. The van der Waals surface area contributed by atoms with E-state index in [1.54, 1.807) is 36.8 Å². The normalized spacial score (nSPS) is 10.9. The molecule has 7 heteroatoms. The lowest BCUT2D eigenvalue weighted by Crippen LogP contribution is -1.98. The Bertz CT molecular complexity index is 1090. The molecule has 0 radical (unpaired) electrons. The molecular weight excluding hydrogens is 318 g/mol. The van der Waals surface area contributed by atoms with E-state index in [9.17, 15) is 9.90 Å². The summed E-state index contributed by atoms with van der Waals surface area (Å²) in [5.41, 5.74) is 8.97. The molecule has 0 saturated carbocycles. The fourth-order valence-electron chi connectivity index (χ4n) is 2.71. The molecule has 0 aliphatic rings. The number of anilines is 1. The summed E-state index contributed by atoms with van der Waals surface area (Å²) in [6.45, 7) is 0.